The normalized spacial score (nSPS) is 16.0. The fourth-order valence-corrected chi connectivity index (χ4v) is 3.85. The van der Waals surface area contributed by atoms with Crippen LogP contribution in [0, 0.1) is 6.92 Å². The first-order chi connectivity index (χ1) is 11.5. The van der Waals surface area contributed by atoms with Gasteiger partial charge in [-0.05, 0) is 18.6 Å². The van der Waals surface area contributed by atoms with Crippen LogP contribution in [0.4, 0.5) is 5.13 Å². The summed E-state index contributed by atoms with van der Waals surface area (Å²) in [6.07, 6.45) is 1.77. The van der Waals surface area contributed by atoms with Crippen LogP contribution in [-0.4, -0.2) is 37.8 Å². The van der Waals surface area contributed by atoms with Gasteiger partial charge in [0.1, 0.15) is 15.9 Å². The lowest BCUT2D eigenvalue weighted by atomic mass is 10.2. The fraction of sp³-hybridized carbons (Fsp3) is 0.133. The first kappa shape index (κ1) is 16.7. The van der Waals surface area contributed by atoms with Crippen molar-refractivity contribution in [1.82, 2.24) is 15.1 Å². The van der Waals surface area contributed by atoms with E-state index in [9.17, 15) is 9.59 Å². The second-order valence-corrected chi connectivity index (χ2v) is 7.71. The van der Waals surface area contributed by atoms with Crippen molar-refractivity contribution in [3.05, 3.63) is 45.8 Å². The van der Waals surface area contributed by atoms with E-state index in [1.54, 1.807) is 13.0 Å². The average Bonchev–Trinajstić information content (AvgIpc) is 3.07. The molecule has 24 heavy (non-hydrogen) atoms. The Morgan fingerprint density at radius 3 is 2.75 bits per heavy atom. The lowest BCUT2D eigenvalue weighted by molar-refractivity contribution is -0.126. The summed E-state index contributed by atoms with van der Waals surface area (Å²) < 4.78 is 0.366. The van der Waals surface area contributed by atoms with Crippen LogP contribution >= 0.6 is 35.3 Å². The van der Waals surface area contributed by atoms with E-state index in [2.05, 4.69) is 15.5 Å². The highest BCUT2D eigenvalue weighted by atomic mass is 32.2. The molecule has 2 heterocycles. The van der Waals surface area contributed by atoms with E-state index in [0.29, 0.717) is 14.4 Å². The molecule has 6 nitrogen and oxygen atoms in total. The molecule has 1 aliphatic rings. The van der Waals surface area contributed by atoms with Crippen molar-refractivity contribution < 1.29 is 9.59 Å². The Morgan fingerprint density at radius 1 is 1.33 bits per heavy atom. The van der Waals surface area contributed by atoms with Gasteiger partial charge < -0.3 is 0 Å². The standard InChI is InChI=1S/C15H12N4O2S3/c1-9-17-18-14(23-9)16-12(20)8-19-13(21)11(24-15(19)22)7-10-5-3-2-4-6-10/h2-7H,8H2,1H3,(H,16,18,20)/b11-7-. The molecule has 0 saturated carbocycles. The number of nitrogens with zero attached hydrogens (tertiary/aromatic N) is 3. The number of hydrogen-bond donors (Lipinski definition) is 1. The number of thiocarbonyl (C=S) groups is 1. The van der Waals surface area contributed by atoms with Gasteiger partial charge in [-0.2, -0.15) is 0 Å². The molecule has 2 amide bonds. The van der Waals surface area contributed by atoms with Crippen LogP contribution in [0.2, 0.25) is 0 Å². The van der Waals surface area contributed by atoms with Gasteiger partial charge in [-0.15, -0.1) is 10.2 Å². The summed E-state index contributed by atoms with van der Waals surface area (Å²) in [5, 5.41) is 11.4. The molecule has 0 aliphatic carbocycles. The van der Waals surface area contributed by atoms with Gasteiger partial charge in [-0.1, -0.05) is 65.6 Å². The third-order valence-electron chi connectivity index (χ3n) is 3.05. The molecule has 0 atom stereocenters. The van der Waals surface area contributed by atoms with Gasteiger partial charge in [0.05, 0.1) is 4.91 Å². The molecule has 9 heteroatoms. The van der Waals surface area contributed by atoms with Crippen molar-refractivity contribution in [3.8, 4) is 0 Å². The summed E-state index contributed by atoms with van der Waals surface area (Å²) in [5.74, 6) is -0.624. The largest absolute Gasteiger partial charge is 0.299 e. The number of thioether (sulfide) groups is 1. The van der Waals surface area contributed by atoms with Crippen molar-refractivity contribution in [2.75, 3.05) is 11.9 Å². The van der Waals surface area contributed by atoms with Gasteiger partial charge in [0.15, 0.2) is 0 Å². The van der Waals surface area contributed by atoms with Gasteiger partial charge >= 0.3 is 0 Å². The highest BCUT2D eigenvalue weighted by Crippen LogP contribution is 2.32. The molecule has 2 aromatic rings. The molecule has 1 fully saturated rings. The minimum atomic E-state index is -0.358. The van der Waals surface area contributed by atoms with Gasteiger partial charge in [0, 0.05) is 0 Å². The van der Waals surface area contributed by atoms with Crippen LogP contribution in [0.5, 0.6) is 0 Å². The van der Waals surface area contributed by atoms with Crippen LogP contribution < -0.4 is 5.32 Å². The summed E-state index contributed by atoms with van der Waals surface area (Å²) in [7, 11) is 0. The Balaban J connectivity index is 1.68. The van der Waals surface area contributed by atoms with E-state index in [0.717, 1.165) is 10.6 Å². The van der Waals surface area contributed by atoms with Gasteiger partial charge in [0.25, 0.3) is 5.91 Å². The van der Waals surface area contributed by atoms with E-state index in [-0.39, 0.29) is 18.4 Å². The third-order valence-corrected chi connectivity index (χ3v) is 5.18. The van der Waals surface area contributed by atoms with Crippen molar-refractivity contribution in [2.45, 2.75) is 6.92 Å². The topological polar surface area (TPSA) is 75.2 Å². The summed E-state index contributed by atoms with van der Waals surface area (Å²) in [5.41, 5.74) is 0.909. The van der Waals surface area contributed by atoms with Gasteiger partial charge in [-0.3, -0.25) is 19.8 Å². The van der Waals surface area contributed by atoms with E-state index in [4.69, 9.17) is 12.2 Å². The smallest absolute Gasteiger partial charge is 0.266 e. The number of rotatable bonds is 4. The molecule has 1 aliphatic heterocycles. The minimum absolute atomic E-state index is 0.143. The predicted molar refractivity (Wildman–Crippen MR) is 99.6 cm³/mol. The molecule has 122 valence electrons. The Kier molecular flexibility index (Phi) is 5.03. The van der Waals surface area contributed by atoms with Crippen LogP contribution in [0.3, 0.4) is 0 Å². The molecule has 1 aromatic carbocycles. The van der Waals surface area contributed by atoms with E-state index >= 15 is 0 Å². The summed E-state index contributed by atoms with van der Waals surface area (Å²) in [6.45, 7) is 1.65. The molecule has 1 aromatic heterocycles. The highest BCUT2D eigenvalue weighted by Gasteiger charge is 2.33. The number of benzene rings is 1. The Hall–Kier alpha value is -2.10. The predicted octanol–water partition coefficient (Wildman–Crippen LogP) is 2.69. The zero-order chi connectivity index (χ0) is 17.1. The number of amides is 2. The fourth-order valence-electron chi connectivity index (χ4n) is 1.99. The molecule has 0 bridgehead atoms. The number of carbonyl (C=O) groups is 2. The maximum Gasteiger partial charge on any atom is 0.266 e. The summed E-state index contributed by atoms with van der Waals surface area (Å²) in [4.78, 5) is 26.3. The van der Waals surface area contributed by atoms with Crippen LogP contribution in [0.25, 0.3) is 6.08 Å². The average molecular weight is 376 g/mol. The van der Waals surface area contributed by atoms with Crippen molar-refractivity contribution in [3.63, 3.8) is 0 Å². The number of aryl methyl sites for hydroxylation is 1. The number of nitrogens with one attached hydrogen (secondary N) is 1. The number of anilines is 1. The third kappa shape index (κ3) is 3.86. The maximum absolute atomic E-state index is 12.5. The Bertz CT molecular complexity index is 832. The number of aromatic nitrogens is 2. The lowest BCUT2D eigenvalue weighted by Crippen LogP contribution is -2.36. The summed E-state index contributed by atoms with van der Waals surface area (Å²) in [6, 6.07) is 9.49. The van der Waals surface area contributed by atoms with Crippen molar-refractivity contribution in [1.29, 1.82) is 0 Å². The van der Waals surface area contributed by atoms with Gasteiger partial charge in [-0.25, -0.2) is 0 Å². The lowest BCUT2D eigenvalue weighted by Gasteiger charge is -2.13. The Labute approximate surface area is 152 Å². The monoisotopic (exact) mass is 376 g/mol. The molecule has 0 spiro atoms. The van der Waals surface area contributed by atoms with Crippen molar-refractivity contribution in [2.24, 2.45) is 0 Å². The zero-order valence-electron chi connectivity index (χ0n) is 12.6. The molecule has 1 N–H and O–H groups in total. The number of hydrogen-bond acceptors (Lipinski definition) is 7. The highest BCUT2D eigenvalue weighted by molar-refractivity contribution is 8.26. The zero-order valence-corrected chi connectivity index (χ0v) is 15.0. The van der Waals surface area contributed by atoms with Crippen LogP contribution in [0.1, 0.15) is 10.6 Å². The quantitative estimate of drug-likeness (QED) is 0.653. The Morgan fingerprint density at radius 2 is 2.08 bits per heavy atom. The van der Waals surface area contributed by atoms with Crippen molar-refractivity contribution >= 4 is 62.7 Å². The van der Waals surface area contributed by atoms with E-state index < -0.39 is 0 Å². The first-order valence-corrected chi connectivity index (χ1v) is 8.97. The second kappa shape index (κ2) is 7.20. The molecular weight excluding hydrogens is 364 g/mol. The molecular formula is C15H12N4O2S3. The molecule has 0 unspecified atom stereocenters. The van der Waals surface area contributed by atoms with E-state index in [1.165, 1.54) is 28.0 Å². The van der Waals surface area contributed by atoms with Crippen LogP contribution in [0.15, 0.2) is 35.2 Å². The second-order valence-electron chi connectivity index (χ2n) is 4.85. The van der Waals surface area contributed by atoms with E-state index in [1.807, 2.05) is 30.3 Å². The molecule has 1 saturated heterocycles. The molecule has 3 rings (SSSR count). The molecule has 0 radical (unpaired) electrons. The summed E-state index contributed by atoms with van der Waals surface area (Å²) >= 11 is 7.68. The van der Waals surface area contributed by atoms with Gasteiger partial charge in [0.2, 0.25) is 11.0 Å². The number of carbonyl (C=O) groups excluding carboxylic acids is 2. The minimum Gasteiger partial charge on any atom is -0.299 e. The van der Waals surface area contributed by atoms with Crippen LogP contribution in [-0.2, 0) is 9.59 Å². The SMILES string of the molecule is Cc1nnc(NC(=O)CN2C(=O)/C(=C/c3ccccc3)SC2=S)s1. The first-order valence-electron chi connectivity index (χ1n) is 6.93. The maximum atomic E-state index is 12.5.